The van der Waals surface area contributed by atoms with Gasteiger partial charge in [-0.05, 0) is 32.1 Å². The number of rotatable bonds is 7. The van der Waals surface area contributed by atoms with Gasteiger partial charge in [0.25, 0.3) is 11.8 Å². The summed E-state index contributed by atoms with van der Waals surface area (Å²) in [5.41, 5.74) is 11.8. The van der Waals surface area contributed by atoms with Gasteiger partial charge in [0, 0.05) is 12.6 Å². The van der Waals surface area contributed by atoms with Gasteiger partial charge in [-0.2, -0.15) is 0 Å². The van der Waals surface area contributed by atoms with Gasteiger partial charge in [-0.3, -0.25) is 9.59 Å². The van der Waals surface area contributed by atoms with Crippen molar-refractivity contribution in [1.82, 2.24) is 5.32 Å². The van der Waals surface area contributed by atoms with Gasteiger partial charge in [0.1, 0.15) is 9.88 Å². The molecule has 1 atom stereocenters. The molecule has 116 valence electrons. The van der Waals surface area contributed by atoms with E-state index < -0.39 is 5.91 Å². The molecule has 0 spiro atoms. The number of thiophene rings is 1. The maximum atomic E-state index is 12.1. The zero-order valence-electron chi connectivity index (χ0n) is 12.4. The Bertz CT molecular complexity index is 551. The number of nitrogens with two attached hydrogens (primary N) is 2. The smallest absolute Gasteiger partial charge is 0.263 e. The second-order valence-corrected chi connectivity index (χ2v) is 6.46. The summed E-state index contributed by atoms with van der Waals surface area (Å²) in [5, 5.41) is 6.65. The SMILES string of the molecule is CCCNC(=O)c1sc(NC(C)C2CC2)c(C(N)=O)c1N. The molecular formula is C14H22N4O2S. The summed E-state index contributed by atoms with van der Waals surface area (Å²) in [5.74, 6) is -0.246. The first-order valence-corrected chi connectivity index (χ1v) is 8.04. The highest BCUT2D eigenvalue weighted by Gasteiger charge is 2.31. The number of nitrogens with one attached hydrogen (secondary N) is 2. The van der Waals surface area contributed by atoms with Crippen LogP contribution in [0, 0.1) is 5.92 Å². The zero-order valence-corrected chi connectivity index (χ0v) is 13.2. The number of primary amides is 1. The van der Waals surface area contributed by atoms with Crippen molar-refractivity contribution in [3.05, 3.63) is 10.4 Å². The molecule has 2 rings (SSSR count). The minimum atomic E-state index is -0.608. The van der Waals surface area contributed by atoms with E-state index in [9.17, 15) is 9.59 Å². The van der Waals surface area contributed by atoms with Gasteiger partial charge in [0.15, 0.2) is 0 Å². The monoisotopic (exact) mass is 310 g/mol. The molecule has 6 nitrogen and oxygen atoms in total. The quantitative estimate of drug-likeness (QED) is 0.615. The fraction of sp³-hybridized carbons (Fsp3) is 0.571. The van der Waals surface area contributed by atoms with Gasteiger partial charge in [0.05, 0.1) is 11.3 Å². The first-order chi connectivity index (χ1) is 9.95. The lowest BCUT2D eigenvalue weighted by Gasteiger charge is -2.13. The van der Waals surface area contributed by atoms with Crippen molar-refractivity contribution < 1.29 is 9.59 Å². The molecule has 1 aromatic rings. The molecule has 0 aliphatic heterocycles. The number of hydrogen-bond acceptors (Lipinski definition) is 5. The summed E-state index contributed by atoms with van der Waals surface area (Å²) in [6.45, 7) is 4.61. The van der Waals surface area contributed by atoms with Gasteiger partial charge in [-0.25, -0.2) is 0 Å². The summed E-state index contributed by atoms with van der Waals surface area (Å²) in [7, 11) is 0. The van der Waals surface area contributed by atoms with Crippen molar-refractivity contribution in [1.29, 1.82) is 0 Å². The van der Waals surface area contributed by atoms with E-state index in [1.807, 2.05) is 6.92 Å². The van der Waals surface area contributed by atoms with Crippen LogP contribution in [0.15, 0.2) is 0 Å². The lowest BCUT2D eigenvalue weighted by molar-refractivity contribution is 0.0958. The molecule has 1 heterocycles. The van der Waals surface area contributed by atoms with Gasteiger partial charge < -0.3 is 22.1 Å². The third-order valence-electron chi connectivity index (χ3n) is 3.62. The van der Waals surface area contributed by atoms with E-state index in [0.29, 0.717) is 22.3 Å². The molecule has 1 aromatic heterocycles. The Morgan fingerprint density at radius 1 is 1.43 bits per heavy atom. The molecule has 1 fully saturated rings. The Labute approximate surface area is 128 Å². The molecule has 2 amide bonds. The fourth-order valence-electron chi connectivity index (χ4n) is 2.20. The van der Waals surface area contributed by atoms with Crippen LogP contribution < -0.4 is 22.1 Å². The predicted molar refractivity (Wildman–Crippen MR) is 85.7 cm³/mol. The van der Waals surface area contributed by atoms with Crippen LogP contribution in [-0.2, 0) is 0 Å². The third kappa shape index (κ3) is 3.47. The first kappa shape index (κ1) is 15.6. The van der Waals surface area contributed by atoms with Crippen molar-refractivity contribution in [2.75, 3.05) is 17.6 Å². The van der Waals surface area contributed by atoms with E-state index in [0.717, 1.165) is 6.42 Å². The highest BCUT2D eigenvalue weighted by Crippen LogP contribution is 2.39. The molecule has 6 N–H and O–H groups in total. The Hall–Kier alpha value is -1.76. The number of hydrogen-bond donors (Lipinski definition) is 4. The largest absolute Gasteiger partial charge is 0.397 e. The van der Waals surface area contributed by atoms with Crippen molar-refractivity contribution in [2.45, 2.75) is 39.2 Å². The number of anilines is 2. The summed E-state index contributed by atoms with van der Waals surface area (Å²) in [6.07, 6.45) is 3.21. The van der Waals surface area contributed by atoms with E-state index in [1.165, 1.54) is 24.2 Å². The zero-order chi connectivity index (χ0) is 15.6. The van der Waals surface area contributed by atoms with Crippen LogP contribution in [0.25, 0.3) is 0 Å². The molecule has 0 saturated heterocycles. The second kappa shape index (κ2) is 6.34. The van der Waals surface area contributed by atoms with Gasteiger partial charge in [0.2, 0.25) is 0 Å². The van der Waals surface area contributed by atoms with E-state index in [-0.39, 0.29) is 23.2 Å². The number of carbonyl (C=O) groups excluding carboxylic acids is 2. The molecule has 1 unspecified atom stereocenters. The van der Waals surface area contributed by atoms with Crippen LogP contribution in [0.1, 0.15) is 53.1 Å². The summed E-state index contributed by atoms with van der Waals surface area (Å²) in [4.78, 5) is 24.1. The molecule has 7 heteroatoms. The molecule has 21 heavy (non-hydrogen) atoms. The molecule has 0 radical (unpaired) electrons. The molecular weight excluding hydrogens is 288 g/mol. The Kier molecular flexibility index (Phi) is 4.72. The Morgan fingerprint density at radius 3 is 2.62 bits per heavy atom. The summed E-state index contributed by atoms with van der Waals surface area (Å²) < 4.78 is 0. The molecule has 0 bridgehead atoms. The second-order valence-electron chi connectivity index (χ2n) is 5.44. The minimum absolute atomic E-state index is 0.173. The normalized spacial score (nSPS) is 15.5. The first-order valence-electron chi connectivity index (χ1n) is 7.22. The van der Waals surface area contributed by atoms with Crippen LogP contribution in [-0.4, -0.2) is 24.4 Å². The van der Waals surface area contributed by atoms with Gasteiger partial charge in [-0.1, -0.05) is 6.92 Å². The molecule has 1 aliphatic carbocycles. The van der Waals surface area contributed by atoms with Crippen LogP contribution in [0.3, 0.4) is 0 Å². The minimum Gasteiger partial charge on any atom is -0.397 e. The number of carbonyl (C=O) groups is 2. The standard InChI is InChI=1S/C14H22N4O2S/c1-3-6-17-13(20)11-10(15)9(12(16)19)14(21-11)18-7(2)8-4-5-8/h7-8,18H,3-6,15H2,1-2H3,(H2,16,19)(H,17,20). The van der Waals surface area contributed by atoms with E-state index >= 15 is 0 Å². The van der Waals surface area contributed by atoms with Gasteiger partial charge in [-0.15, -0.1) is 11.3 Å². The van der Waals surface area contributed by atoms with E-state index in [1.54, 1.807) is 0 Å². The number of nitrogen functional groups attached to an aromatic ring is 1. The van der Waals surface area contributed by atoms with Crippen molar-refractivity contribution in [3.8, 4) is 0 Å². The van der Waals surface area contributed by atoms with Crippen LogP contribution in [0.4, 0.5) is 10.7 Å². The molecule has 1 aliphatic rings. The van der Waals surface area contributed by atoms with Crippen molar-refractivity contribution in [3.63, 3.8) is 0 Å². The highest BCUT2D eigenvalue weighted by atomic mass is 32.1. The van der Waals surface area contributed by atoms with E-state index in [2.05, 4.69) is 17.6 Å². The Balaban J connectivity index is 2.26. The average Bonchev–Trinajstić information content (AvgIpc) is 3.21. The van der Waals surface area contributed by atoms with Crippen molar-refractivity contribution >= 4 is 33.8 Å². The third-order valence-corrected chi connectivity index (χ3v) is 4.76. The van der Waals surface area contributed by atoms with Crippen molar-refractivity contribution in [2.24, 2.45) is 11.7 Å². The van der Waals surface area contributed by atoms with Crippen LogP contribution in [0.2, 0.25) is 0 Å². The van der Waals surface area contributed by atoms with Gasteiger partial charge >= 0.3 is 0 Å². The van der Waals surface area contributed by atoms with E-state index in [4.69, 9.17) is 11.5 Å². The topological polar surface area (TPSA) is 110 Å². The highest BCUT2D eigenvalue weighted by molar-refractivity contribution is 7.19. The maximum Gasteiger partial charge on any atom is 0.263 e. The average molecular weight is 310 g/mol. The predicted octanol–water partition coefficient (Wildman–Crippen LogP) is 1.78. The maximum absolute atomic E-state index is 12.1. The molecule has 1 saturated carbocycles. The lowest BCUT2D eigenvalue weighted by Crippen LogP contribution is -2.24. The fourth-order valence-corrected chi connectivity index (χ4v) is 3.34. The Morgan fingerprint density at radius 2 is 2.10 bits per heavy atom. The van der Waals surface area contributed by atoms with Crippen LogP contribution in [0.5, 0.6) is 0 Å². The number of amides is 2. The lowest BCUT2D eigenvalue weighted by atomic mass is 10.2. The molecule has 0 aromatic carbocycles. The summed E-state index contributed by atoms with van der Waals surface area (Å²) >= 11 is 1.20. The summed E-state index contributed by atoms with van der Waals surface area (Å²) in [6, 6.07) is 0.243. The van der Waals surface area contributed by atoms with Crippen LogP contribution >= 0.6 is 11.3 Å².